The van der Waals surface area contributed by atoms with Gasteiger partial charge in [0.25, 0.3) is 5.91 Å². The first-order chi connectivity index (χ1) is 13.5. The van der Waals surface area contributed by atoms with Crippen LogP contribution in [0.2, 0.25) is 0 Å². The van der Waals surface area contributed by atoms with E-state index in [1.54, 1.807) is 0 Å². The van der Waals surface area contributed by atoms with E-state index in [1.165, 1.54) is 0 Å². The molecule has 0 radical (unpaired) electrons. The van der Waals surface area contributed by atoms with Gasteiger partial charge in [-0.1, -0.05) is 43.9 Å². The third-order valence-corrected chi connectivity index (χ3v) is 5.75. The molecule has 4 amide bonds. The Hall–Kier alpha value is -2.83. The number of para-hydroxylation sites is 1. The van der Waals surface area contributed by atoms with E-state index in [0.29, 0.717) is 18.6 Å². The standard InChI is InChI=1S/C21H25N3O4/c1-14(17-12-15-8-4-5-9-16(15)28-17)22-18(25)13-24-19(26)21(23-20(24)27)10-6-2-3-7-11-21/h4-5,8-9,12,14H,2-3,6-7,10-11,13H2,1H3,(H,22,25)(H,23,27)/t14-/m0/s1. The Kier molecular flexibility index (Phi) is 4.83. The van der Waals surface area contributed by atoms with E-state index in [9.17, 15) is 14.4 Å². The highest BCUT2D eigenvalue weighted by molar-refractivity contribution is 6.09. The number of imide groups is 1. The second-order valence-electron chi connectivity index (χ2n) is 7.79. The number of carbonyl (C=O) groups is 3. The predicted octanol–water partition coefficient (Wildman–Crippen LogP) is 3.25. The fraction of sp³-hybridized carbons (Fsp3) is 0.476. The van der Waals surface area contributed by atoms with Crippen LogP contribution < -0.4 is 10.6 Å². The van der Waals surface area contributed by atoms with Crippen LogP contribution in [0.25, 0.3) is 11.0 Å². The second-order valence-corrected chi connectivity index (χ2v) is 7.79. The van der Waals surface area contributed by atoms with Gasteiger partial charge >= 0.3 is 6.03 Å². The molecule has 0 unspecified atom stereocenters. The molecular formula is C21H25N3O4. The van der Waals surface area contributed by atoms with Crippen molar-refractivity contribution in [2.45, 2.75) is 57.0 Å². The molecule has 4 rings (SSSR count). The van der Waals surface area contributed by atoms with Gasteiger partial charge in [0.05, 0.1) is 6.04 Å². The van der Waals surface area contributed by atoms with Gasteiger partial charge in [-0.3, -0.25) is 14.5 Å². The van der Waals surface area contributed by atoms with Gasteiger partial charge in [0.2, 0.25) is 5.91 Å². The minimum absolute atomic E-state index is 0.272. The number of furan rings is 1. The first-order valence-corrected chi connectivity index (χ1v) is 9.90. The van der Waals surface area contributed by atoms with E-state index >= 15 is 0 Å². The molecule has 28 heavy (non-hydrogen) atoms. The van der Waals surface area contributed by atoms with Gasteiger partial charge in [-0.15, -0.1) is 0 Å². The quantitative estimate of drug-likeness (QED) is 0.793. The first kappa shape index (κ1) is 18.5. The van der Waals surface area contributed by atoms with Crippen molar-refractivity contribution in [2.75, 3.05) is 6.54 Å². The molecule has 1 spiro atoms. The van der Waals surface area contributed by atoms with E-state index in [-0.39, 0.29) is 24.4 Å². The Labute approximate surface area is 163 Å². The number of nitrogens with one attached hydrogen (secondary N) is 2. The summed E-state index contributed by atoms with van der Waals surface area (Å²) in [6, 6.07) is 8.66. The Morgan fingerprint density at radius 2 is 1.93 bits per heavy atom. The minimum atomic E-state index is -0.821. The molecule has 2 fully saturated rings. The van der Waals surface area contributed by atoms with E-state index in [4.69, 9.17) is 4.42 Å². The maximum atomic E-state index is 12.9. The van der Waals surface area contributed by atoms with Crippen LogP contribution in [0, 0.1) is 0 Å². The van der Waals surface area contributed by atoms with Gasteiger partial charge in [-0.05, 0) is 31.9 Å². The molecule has 1 atom stereocenters. The Morgan fingerprint density at radius 3 is 2.64 bits per heavy atom. The molecule has 148 valence electrons. The van der Waals surface area contributed by atoms with Gasteiger partial charge in [-0.2, -0.15) is 0 Å². The average molecular weight is 383 g/mol. The molecule has 1 saturated carbocycles. The van der Waals surface area contributed by atoms with Crippen LogP contribution in [-0.2, 0) is 9.59 Å². The summed E-state index contributed by atoms with van der Waals surface area (Å²) in [7, 11) is 0. The summed E-state index contributed by atoms with van der Waals surface area (Å²) in [5.74, 6) is -0.0277. The van der Waals surface area contributed by atoms with Crippen LogP contribution in [0.5, 0.6) is 0 Å². The molecule has 0 bridgehead atoms. The molecule has 7 nitrogen and oxygen atoms in total. The van der Waals surface area contributed by atoms with Gasteiger partial charge in [0.15, 0.2) is 0 Å². The molecular weight excluding hydrogens is 358 g/mol. The molecule has 1 aromatic carbocycles. The Morgan fingerprint density at radius 1 is 1.21 bits per heavy atom. The SMILES string of the molecule is C[C@H](NC(=O)CN1C(=O)NC2(CCCCCC2)C1=O)c1cc2ccccc2o1. The molecule has 1 aromatic heterocycles. The summed E-state index contributed by atoms with van der Waals surface area (Å²) < 4.78 is 5.77. The highest BCUT2D eigenvalue weighted by Gasteiger charge is 2.51. The Balaban J connectivity index is 1.41. The van der Waals surface area contributed by atoms with Gasteiger partial charge in [-0.25, -0.2) is 4.79 Å². The van der Waals surface area contributed by atoms with Crippen molar-refractivity contribution in [1.29, 1.82) is 0 Å². The van der Waals surface area contributed by atoms with Crippen molar-refractivity contribution >= 4 is 28.8 Å². The van der Waals surface area contributed by atoms with Crippen molar-refractivity contribution in [3.63, 3.8) is 0 Å². The van der Waals surface area contributed by atoms with Crippen LogP contribution in [0.1, 0.15) is 57.3 Å². The average Bonchev–Trinajstić information content (AvgIpc) is 3.09. The number of benzene rings is 1. The van der Waals surface area contributed by atoms with Gasteiger partial charge in [0, 0.05) is 5.39 Å². The lowest BCUT2D eigenvalue weighted by molar-refractivity contribution is -0.135. The molecule has 7 heteroatoms. The summed E-state index contributed by atoms with van der Waals surface area (Å²) >= 11 is 0. The van der Waals surface area contributed by atoms with Crippen LogP contribution in [0.4, 0.5) is 4.79 Å². The van der Waals surface area contributed by atoms with Gasteiger partial charge in [0.1, 0.15) is 23.4 Å². The second kappa shape index (κ2) is 7.30. The maximum absolute atomic E-state index is 12.9. The summed E-state index contributed by atoms with van der Waals surface area (Å²) in [5, 5.41) is 6.64. The minimum Gasteiger partial charge on any atom is -0.459 e. The third kappa shape index (κ3) is 3.37. The number of nitrogens with zero attached hydrogens (tertiary/aromatic N) is 1. The van der Waals surface area contributed by atoms with Crippen molar-refractivity contribution < 1.29 is 18.8 Å². The number of hydrogen-bond acceptors (Lipinski definition) is 4. The molecule has 2 aromatic rings. The lowest BCUT2D eigenvalue weighted by atomic mass is 9.90. The van der Waals surface area contributed by atoms with Crippen LogP contribution in [-0.4, -0.2) is 34.8 Å². The zero-order valence-electron chi connectivity index (χ0n) is 16.0. The number of urea groups is 1. The van der Waals surface area contributed by atoms with Gasteiger partial charge < -0.3 is 15.1 Å². The Bertz CT molecular complexity index is 878. The monoisotopic (exact) mass is 383 g/mol. The fourth-order valence-corrected chi connectivity index (χ4v) is 4.21. The normalized spacial score (nSPS) is 20.2. The van der Waals surface area contributed by atoms with Crippen molar-refractivity contribution in [2.24, 2.45) is 0 Å². The number of carbonyl (C=O) groups excluding carboxylic acids is 3. The zero-order valence-corrected chi connectivity index (χ0v) is 16.0. The van der Waals surface area contributed by atoms with E-state index in [0.717, 1.165) is 41.6 Å². The topological polar surface area (TPSA) is 91.7 Å². The lowest BCUT2D eigenvalue weighted by Gasteiger charge is -2.24. The number of hydrogen-bond donors (Lipinski definition) is 2. The molecule has 2 aliphatic rings. The third-order valence-electron chi connectivity index (χ3n) is 5.75. The van der Waals surface area contributed by atoms with Crippen LogP contribution >= 0.6 is 0 Å². The lowest BCUT2D eigenvalue weighted by Crippen LogP contribution is -2.47. The van der Waals surface area contributed by atoms with Crippen molar-refractivity contribution in [1.82, 2.24) is 15.5 Å². The van der Waals surface area contributed by atoms with E-state index in [1.807, 2.05) is 37.3 Å². The highest BCUT2D eigenvalue weighted by atomic mass is 16.3. The first-order valence-electron chi connectivity index (χ1n) is 9.90. The molecule has 1 aliphatic heterocycles. The smallest absolute Gasteiger partial charge is 0.325 e. The number of fused-ring (bicyclic) bond motifs is 1. The number of rotatable bonds is 4. The number of amides is 4. The summed E-state index contributed by atoms with van der Waals surface area (Å²) in [5.41, 5.74) is -0.0684. The fourth-order valence-electron chi connectivity index (χ4n) is 4.21. The predicted molar refractivity (Wildman–Crippen MR) is 103 cm³/mol. The molecule has 2 heterocycles. The molecule has 1 saturated heterocycles. The van der Waals surface area contributed by atoms with Crippen molar-refractivity contribution in [3.05, 3.63) is 36.1 Å². The maximum Gasteiger partial charge on any atom is 0.325 e. The summed E-state index contributed by atoms with van der Waals surface area (Å²) in [4.78, 5) is 38.8. The van der Waals surface area contributed by atoms with Crippen molar-refractivity contribution in [3.8, 4) is 0 Å². The molecule has 1 aliphatic carbocycles. The zero-order chi connectivity index (χ0) is 19.7. The molecule has 2 N–H and O–H groups in total. The van der Waals surface area contributed by atoms with Crippen LogP contribution in [0.15, 0.2) is 34.7 Å². The van der Waals surface area contributed by atoms with E-state index < -0.39 is 11.6 Å². The largest absolute Gasteiger partial charge is 0.459 e. The van der Waals surface area contributed by atoms with Crippen LogP contribution in [0.3, 0.4) is 0 Å². The highest BCUT2D eigenvalue weighted by Crippen LogP contribution is 2.32. The summed E-state index contributed by atoms with van der Waals surface area (Å²) in [6.45, 7) is 1.53. The van der Waals surface area contributed by atoms with E-state index in [2.05, 4.69) is 10.6 Å². The summed E-state index contributed by atoms with van der Waals surface area (Å²) in [6.07, 6.45) is 5.25.